The lowest BCUT2D eigenvalue weighted by atomic mass is 10.2. The molecule has 1 heterocycles. The summed E-state index contributed by atoms with van der Waals surface area (Å²) in [6.07, 6.45) is 0. The van der Waals surface area contributed by atoms with Gasteiger partial charge in [0, 0.05) is 16.7 Å². The van der Waals surface area contributed by atoms with E-state index < -0.39 is 0 Å². The van der Waals surface area contributed by atoms with Gasteiger partial charge < -0.3 is 9.64 Å². The molecular formula is C22H24IN3O3S. The van der Waals surface area contributed by atoms with Gasteiger partial charge in [-0.1, -0.05) is 11.8 Å². The third-order valence-electron chi connectivity index (χ3n) is 4.84. The molecule has 0 aliphatic carbocycles. The fourth-order valence-electron chi connectivity index (χ4n) is 3.18. The lowest BCUT2D eigenvalue weighted by Gasteiger charge is -2.23. The monoisotopic (exact) mass is 537 g/mol. The summed E-state index contributed by atoms with van der Waals surface area (Å²) in [5.41, 5.74) is 1.14. The number of hydrogen-bond donors (Lipinski definition) is 0. The summed E-state index contributed by atoms with van der Waals surface area (Å²) in [4.78, 5) is 32.8. The first-order valence-corrected chi connectivity index (χ1v) is 11.7. The number of nitrogens with zero attached hydrogens (tertiary/aromatic N) is 3. The number of fused-ring (bicyclic) bond motifs is 1. The largest absolute Gasteiger partial charge is 0.497 e. The Kier molecular flexibility index (Phi) is 7.41. The van der Waals surface area contributed by atoms with Gasteiger partial charge in [0.1, 0.15) is 5.75 Å². The molecular weight excluding hydrogens is 513 g/mol. The predicted octanol–water partition coefficient (Wildman–Crippen LogP) is 4.35. The highest BCUT2D eigenvalue weighted by Gasteiger charge is 2.23. The molecule has 3 rings (SSSR count). The molecule has 0 N–H and O–H groups in total. The van der Waals surface area contributed by atoms with Crippen LogP contribution in [-0.4, -0.2) is 45.8 Å². The molecule has 2 aromatic carbocycles. The molecule has 0 aliphatic rings. The van der Waals surface area contributed by atoms with Gasteiger partial charge in [-0.3, -0.25) is 14.2 Å². The van der Waals surface area contributed by atoms with E-state index in [2.05, 4.69) is 22.6 Å². The summed E-state index contributed by atoms with van der Waals surface area (Å²) in [7, 11) is 1.60. The van der Waals surface area contributed by atoms with Crippen LogP contribution in [0, 0.1) is 3.57 Å². The molecule has 8 heteroatoms. The van der Waals surface area contributed by atoms with Crippen LogP contribution in [0.1, 0.15) is 20.8 Å². The van der Waals surface area contributed by atoms with Gasteiger partial charge in [0.15, 0.2) is 5.16 Å². The van der Waals surface area contributed by atoms with Crippen molar-refractivity contribution >= 4 is 51.2 Å². The molecule has 0 radical (unpaired) electrons. The van der Waals surface area contributed by atoms with Crippen LogP contribution < -0.4 is 10.3 Å². The maximum atomic E-state index is 13.4. The number of thioether (sulfide) groups is 1. The SMILES string of the molecule is CCN(CC)C(=O)C(C)Sc1nc2ccc(I)cc2c(=O)n1-c1ccc(OC)cc1. The summed E-state index contributed by atoms with van der Waals surface area (Å²) in [6.45, 7) is 7.07. The number of rotatable bonds is 7. The van der Waals surface area contributed by atoms with Gasteiger partial charge in [0.2, 0.25) is 5.91 Å². The number of halogens is 1. The third-order valence-corrected chi connectivity index (χ3v) is 6.55. The molecule has 0 fully saturated rings. The average Bonchev–Trinajstić information content (AvgIpc) is 2.75. The van der Waals surface area contributed by atoms with Gasteiger partial charge in [-0.15, -0.1) is 0 Å². The Morgan fingerprint density at radius 2 is 1.87 bits per heavy atom. The Morgan fingerprint density at radius 1 is 1.20 bits per heavy atom. The minimum absolute atomic E-state index is 0.0308. The fourth-order valence-corrected chi connectivity index (χ4v) is 4.68. The number of carbonyl (C=O) groups is 1. The van der Waals surface area contributed by atoms with Crippen molar-refractivity contribution in [2.45, 2.75) is 31.2 Å². The van der Waals surface area contributed by atoms with Crippen molar-refractivity contribution < 1.29 is 9.53 Å². The van der Waals surface area contributed by atoms with Gasteiger partial charge in [0.05, 0.1) is 29.0 Å². The molecule has 1 unspecified atom stereocenters. The zero-order valence-electron chi connectivity index (χ0n) is 17.4. The lowest BCUT2D eigenvalue weighted by Crippen LogP contribution is -2.36. The molecule has 1 atom stereocenters. The lowest BCUT2D eigenvalue weighted by molar-refractivity contribution is -0.129. The van der Waals surface area contributed by atoms with E-state index in [4.69, 9.17) is 9.72 Å². The van der Waals surface area contributed by atoms with Gasteiger partial charge in [0.25, 0.3) is 5.56 Å². The molecule has 0 saturated heterocycles. The Balaban J connectivity index is 2.14. The van der Waals surface area contributed by atoms with Crippen molar-refractivity contribution in [2.75, 3.05) is 20.2 Å². The van der Waals surface area contributed by atoms with Crippen molar-refractivity contribution in [1.82, 2.24) is 14.5 Å². The summed E-state index contributed by atoms with van der Waals surface area (Å²) in [6, 6.07) is 12.9. The van der Waals surface area contributed by atoms with Gasteiger partial charge in [-0.2, -0.15) is 0 Å². The standard InChI is InChI=1S/C22H24IN3O3S/c1-5-25(6-2)20(27)14(3)30-22-24-19-12-7-15(23)13-18(19)21(28)26(22)16-8-10-17(29-4)11-9-16/h7-14H,5-6H2,1-4H3. The number of aromatic nitrogens is 2. The van der Waals surface area contributed by atoms with Crippen LogP contribution >= 0.6 is 34.4 Å². The van der Waals surface area contributed by atoms with Crippen LogP contribution in [0.25, 0.3) is 16.6 Å². The summed E-state index contributed by atoms with van der Waals surface area (Å²) < 4.78 is 7.78. The third kappa shape index (κ3) is 4.64. The maximum Gasteiger partial charge on any atom is 0.266 e. The van der Waals surface area contributed by atoms with E-state index >= 15 is 0 Å². The zero-order chi connectivity index (χ0) is 21.8. The predicted molar refractivity (Wildman–Crippen MR) is 130 cm³/mol. The van der Waals surface area contributed by atoms with E-state index in [9.17, 15) is 9.59 Å². The summed E-state index contributed by atoms with van der Waals surface area (Å²) in [5, 5.41) is 0.666. The highest BCUT2D eigenvalue weighted by Crippen LogP contribution is 2.27. The van der Waals surface area contributed by atoms with E-state index in [0.29, 0.717) is 40.6 Å². The minimum Gasteiger partial charge on any atom is -0.497 e. The molecule has 0 spiro atoms. The van der Waals surface area contributed by atoms with Crippen LogP contribution in [0.5, 0.6) is 5.75 Å². The fraction of sp³-hybridized carbons (Fsp3) is 0.318. The highest BCUT2D eigenvalue weighted by atomic mass is 127. The summed E-state index contributed by atoms with van der Waals surface area (Å²) in [5.74, 6) is 0.734. The van der Waals surface area contributed by atoms with Crippen molar-refractivity contribution in [3.8, 4) is 11.4 Å². The topological polar surface area (TPSA) is 64.4 Å². The first kappa shape index (κ1) is 22.6. The Morgan fingerprint density at radius 3 is 2.47 bits per heavy atom. The normalized spacial score (nSPS) is 12.0. The van der Waals surface area contributed by atoms with Crippen LogP contribution in [0.2, 0.25) is 0 Å². The van der Waals surface area contributed by atoms with E-state index in [-0.39, 0.29) is 16.7 Å². The van der Waals surface area contributed by atoms with E-state index in [0.717, 1.165) is 3.57 Å². The average molecular weight is 537 g/mol. The number of ether oxygens (including phenoxy) is 1. The van der Waals surface area contributed by atoms with Gasteiger partial charge in [-0.05, 0) is 85.8 Å². The molecule has 0 saturated carbocycles. The second kappa shape index (κ2) is 9.82. The second-order valence-corrected chi connectivity index (χ2v) is 9.22. The van der Waals surface area contributed by atoms with Crippen LogP contribution in [0.3, 0.4) is 0 Å². The Hall–Kier alpha value is -2.07. The molecule has 0 aliphatic heterocycles. The zero-order valence-corrected chi connectivity index (χ0v) is 20.4. The van der Waals surface area contributed by atoms with Crippen molar-refractivity contribution in [3.05, 3.63) is 56.4 Å². The second-order valence-electron chi connectivity index (χ2n) is 6.67. The van der Waals surface area contributed by atoms with Crippen LogP contribution in [0.15, 0.2) is 52.4 Å². The van der Waals surface area contributed by atoms with Crippen molar-refractivity contribution in [2.24, 2.45) is 0 Å². The van der Waals surface area contributed by atoms with Crippen LogP contribution in [0.4, 0.5) is 0 Å². The van der Waals surface area contributed by atoms with E-state index in [1.807, 2.05) is 51.1 Å². The van der Waals surface area contributed by atoms with Gasteiger partial charge in [-0.25, -0.2) is 4.98 Å². The molecule has 6 nitrogen and oxygen atoms in total. The molecule has 1 amide bonds. The molecule has 158 valence electrons. The smallest absolute Gasteiger partial charge is 0.266 e. The number of hydrogen-bond acceptors (Lipinski definition) is 5. The maximum absolute atomic E-state index is 13.4. The molecule has 30 heavy (non-hydrogen) atoms. The Bertz CT molecular complexity index is 1110. The quantitative estimate of drug-likeness (QED) is 0.255. The number of methoxy groups -OCH3 is 1. The number of benzene rings is 2. The van der Waals surface area contributed by atoms with Gasteiger partial charge >= 0.3 is 0 Å². The van der Waals surface area contributed by atoms with Crippen molar-refractivity contribution in [3.63, 3.8) is 0 Å². The molecule has 3 aromatic rings. The van der Waals surface area contributed by atoms with E-state index in [1.165, 1.54) is 11.8 Å². The van der Waals surface area contributed by atoms with Crippen LogP contribution in [-0.2, 0) is 4.79 Å². The number of amides is 1. The minimum atomic E-state index is -0.373. The first-order valence-electron chi connectivity index (χ1n) is 9.71. The number of carbonyl (C=O) groups excluding carboxylic acids is 1. The molecule has 0 bridgehead atoms. The van der Waals surface area contributed by atoms with Crippen molar-refractivity contribution in [1.29, 1.82) is 0 Å². The molecule has 1 aromatic heterocycles. The summed E-state index contributed by atoms with van der Waals surface area (Å²) >= 11 is 3.49. The Labute approximate surface area is 193 Å². The first-order chi connectivity index (χ1) is 14.4. The van der Waals surface area contributed by atoms with E-state index in [1.54, 1.807) is 28.7 Å². The highest BCUT2D eigenvalue weighted by molar-refractivity contribution is 14.1.